The minimum Gasteiger partial charge on any atom is -0.369 e. The van der Waals surface area contributed by atoms with Crippen LogP contribution in [0.5, 0.6) is 0 Å². The summed E-state index contributed by atoms with van der Waals surface area (Å²) in [5.41, 5.74) is 5.77. The standard InChI is InChI=1S/C39H30N2O/c1-2-39(42,31-23-27-37(28-24-31)40(33-15-7-3-8-16-33)34-17-9-4-10-18-34)32-25-29-38(30-26-32)41(35-19-11-5-12-20-35)36-21-13-6-14-22-36/h1,3-30,42H. The molecule has 6 aromatic rings. The van der Waals surface area contributed by atoms with Crippen molar-refractivity contribution in [2.45, 2.75) is 5.60 Å². The van der Waals surface area contributed by atoms with Gasteiger partial charge in [-0.15, -0.1) is 6.42 Å². The van der Waals surface area contributed by atoms with E-state index < -0.39 is 5.60 Å². The molecule has 0 saturated heterocycles. The van der Waals surface area contributed by atoms with E-state index in [1.165, 1.54) is 0 Å². The molecule has 1 N–H and O–H groups in total. The first-order valence-corrected chi connectivity index (χ1v) is 13.9. The van der Waals surface area contributed by atoms with Crippen molar-refractivity contribution in [2.75, 3.05) is 9.80 Å². The highest BCUT2D eigenvalue weighted by molar-refractivity contribution is 5.78. The average molecular weight is 543 g/mol. The number of terminal acetylenes is 1. The van der Waals surface area contributed by atoms with Crippen LogP contribution in [0, 0.1) is 12.3 Å². The average Bonchev–Trinajstić information content (AvgIpc) is 3.07. The van der Waals surface area contributed by atoms with Crippen LogP contribution in [0.25, 0.3) is 0 Å². The molecule has 3 heteroatoms. The van der Waals surface area contributed by atoms with E-state index in [4.69, 9.17) is 6.42 Å². The lowest BCUT2D eigenvalue weighted by molar-refractivity contribution is 0.145. The summed E-state index contributed by atoms with van der Waals surface area (Å²) in [5.74, 6) is 2.66. The highest BCUT2D eigenvalue weighted by Crippen LogP contribution is 2.38. The van der Waals surface area contributed by atoms with Gasteiger partial charge in [0.2, 0.25) is 0 Å². The monoisotopic (exact) mass is 542 g/mol. The maximum Gasteiger partial charge on any atom is 0.176 e. The van der Waals surface area contributed by atoms with Gasteiger partial charge < -0.3 is 14.9 Å². The van der Waals surface area contributed by atoms with E-state index >= 15 is 0 Å². The minimum absolute atomic E-state index is 0.630. The first-order valence-electron chi connectivity index (χ1n) is 13.9. The van der Waals surface area contributed by atoms with Crippen LogP contribution >= 0.6 is 0 Å². The van der Waals surface area contributed by atoms with Crippen LogP contribution in [-0.4, -0.2) is 5.11 Å². The zero-order valence-corrected chi connectivity index (χ0v) is 23.1. The van der Waals surface area contributed by atoms with Crippen molar-refractivity contribution in [2.24, 2.45) is 0 Å². The van der Waals surface area contributed by atoms with E-state index in [9.17, 15) is 5.11 Å². The minimum atomic E-state index is -1.59. The highest BCUT2D eigenvalue weighted by atomic mass is 16.3. The predicted octanol–water partition coefficient (Wildman–Crippen LogP) is 9.50. The van der Waals surface area contributed by atoms with Crippen LogP contribution in [-0.2, 0) is 5.60 Å². The van der Waals surface area contributed by atoms with Crippen molar-refractivity contribution in [3.63, 3.8) is 0 Å². The molecule has 6 rings (SSSR count). The van der Waals surface area contributed by atoms with E-state index in [2.05, 4.69) is 64.3 Å². The molecule has 0 atom stereocenters. The van der Waals surface area contributed by atoms with Crippen LogP contribution in [0.3, 0.4) is 0 Å². The van der Waals surface area contributed by atoms with E-state index in [0.717, 1.165) is 34.1 Å². The van der Waals surface area contributed by atoms with Gasteiger partial charge in [-0.05, 0) is 72.8 Å². The van der Waals surface area contributed by atoms with E-state index in [-0.39, 0.29) is 0 Å². The van der Waals surface area contributed by atoms with Gasteiger partial charge >= 0.3 is 0 Å². The molecule has 0 aliphatic heterocycles. The Balaban J connectivity index is 1.34. The zero-order valence-electron chi connectivity index (χ0n) is 23.1. The molecule has 0 radical (unpaired) electrons. The van der Waals surface area contributed by atoms with Crippen molar-refractivity contribution < 1.29 is 5.11 Å². The first kappa shape index (κ1) is 26.7. The van der Waals surface area contributed by atoms with Gasteiger partial charge in [0.05, 0.1) is 0 Å². The molecule has 42 heavy (non-hydrogen) atoms. The molecule has 0 aliphatic rings. The van der Waals surface area contributed by atoms with Crippen molar-refractivity contribution in [3.05, 3.63) is 181 Å². The lowest BCUT2D eigenvalue weighted by Gasteiger charge is -2.28. The number of rotatable bonds is 8. The maximum atomic E-state index is 11.8. The lowest BCUT2D eigenvalue weighted by Crippen LogP contribution is -2.25. The van der Waals surface area contributed by atoms with Crippen molar-refractivity contribution in [1.29, 1.82) is 0 Å². The summed E-state index contributed by atoms with van der Waals surface area (Å²) in [6, 6.07) is 56.5. The third-order valence-electron chi connectivity index (χ3n) is 7.35. The molecule has 0 aromatic heterocycles. The smallest absolute Gasteiger partial charge is 0.176 e. The van der Waals surface area contributed by atoms with Gasteiger partial charge in [-0.2, -0.15) is 0 Å². The molecule has 202 valence electrons. The Morgan fingerprint density at radius 1 is 0.381 bits per heavy atom. The van der Waals surface area contributed by atoms with Gasteiger partial charge in [0.25, 0.3) is 0 Å². The van der Waals surface area contributed by atoms with Crippen LogP contribution in [0.2, 0.25) is 0 Å². The Morgan fingerprint density at radius 2 is 0.619 bits per heavy atom. The topological polar surface area (TPSA) is 26.7 Å². The molecule has 0 amide bonds. The summed E-state index contributed by atoms with van der Waals surface area (Å²) in [5, 5.41) is 11.8. The van der Waals surface area contributed by atoms with Gasteiger partial charge in [0.15, 0.2) is 5.60 Å². The number of benzene rings is 6. The summed E-state index contributed by atoms with van der Waals surface area (Å²) < 4.78 is 0. The number of aliphatic hydroxyl groups is 1. The summed E-state index contributed by atoms with van der Waals surface area (Å²) in [6.45, 7) is 0. The SMILES string of the molecule is C#CC(O)(c1ccc(N(c2ccccc2)c2ccccc2)cc1)c1ccc(N(c2ccccc2)c2ccccc2)cc1. The van der Waals surface area contributed by atoms with Crippen molar-refractivity contribution in [1.82, 2.24) is 0 Å². The Hall–Kier alpha value is -5.56. The molecular formula is C39H30N2O. The Kier molecular flexibility index (Phi) is 7.55. The molecule has 0 heterocycles. The van der Waals surface area contributed by atoms with Gasteiger partial charge in [0, 0.05) is 45.3 Å². The number of hydrogen-bond donors (Lipinski definition) is 1. The highest BCUT2D eigenvalue weighted by Gasteiger charge is 2.30. The van der Waals surface area contributed by atoms with E-state index in [1.807, 2.05) is 121 Å². The van der Waals surface area contributed by atoms with Gasteiger partial charge in [0.1, 0.15) is 0 Å². The van der Waals surface area contributed by atoms with Gasteiger partial charge in [-0.25, -0.2) is 0 Å². The molecule has 3 nitrogen and oxygen atoms in total. The second-order valence-corrected chi connectivity index (χ2v) is 9.96. The number of para-hydroxylation sites is 4. The predicted molar refractivity (Wildman–Crippen MR) is 174 cm³/mol. The second kappa shape index (κ2) is 11.9. The molecule has 6 aromatic carbocycles. The summed E-state index contributed by atoms with van der Waals surface area (Å²) in [6.07, 6.45) is 6.01. The zero-order chi connectivity index (χ0) is 28.8. The summed E-state index contributed by atoms with van der Waals surface area (Å²) in [7, 11) is 0. The Morgan fingerprint density at radius 3 is 0.857 bits per heavy atom. The van der Waals surface area contributed by atoms with Crippen LogP contribution in [0.1, 0.15) is 11.1 Å². The first-order chi connectivity index (χ1) is 20.7. The molecule has 0 saturated carbocycles. The number of anilines is 6. The van der Waals surface area contributed by atoms with Crippen LogP contribution in [0.15, 0.2) is 170 Å². The molecule has 0 fully saturated rings. The van der Waals surface area contributed by atoms with Crippen LogP contribution in [0.4, 0.5) is 34.1 Å². The molecule has 0 aliphatic carbocycles. The summed E-state index contributed by atoms with van der Waals surface area (Å²) in [4.78, 5) is 4.35. The lowest BCUT2D eigenvalue weighted by atomic mass is 9.86. The molecular weight excluding hydrogens is 512 g/mol. The summed E-state index contributed by atoms with van der Waals surface area (Å²) >= 11 is 0. The number of nitrogens with zero attached hydrogens (tertiary/aromatic N) is 2. The molecule has 0 bridgehead atoms. The van der Waals surface area contributed by atoms with E-state index in [1.54, 1.807) is 0 Å². The van der Waals surface area contributed by atoms with Crippen molar-refractivity contribution in [3.8, 4) is 12.3 Å². The Bertz CT molecular complexity index is 1560. The van der Waals surface area contributed by atoms with Crippen LogP contribution < -0.4 is 9.80 Å². The maximum absolute atomic E-state index is 11.8. The normalized spacial score (nSPS) is 11.0. The fourth-order valence-corrected chi connectivity index (χ4v) is 5.24. The van der Waals surface area contributed by atoms with Gasteiger partial charge in [-0.1, -0.05) is 103 Å². The molecule has 0 unspecified atom stereocenters. The molecule has 0 spiro atoms. The van der Waals surface area contributed by atoms with Gasteiger partial charge in [-0.3, -0.25) is 0 Å². The van der Waals surface area contributed by atoms with Crippen molar-refractivity contribution >= 4 is 34.1 Å². The quantitative estimate of drug-likeness (QED) is 0.194. The fourth-order valence-electron chi connectivity index (χ4n) is 5.24. The third kappa shape index (κ3) is 5.28. The van der Waals surface area contributed by atoms with E-state index in [0.29, 0.717) is 11.1 Å². The third-order valence-corrected chi connectivity index (χ3v) is 7.35. The largest absolute Gasteiger partial charge is 0.369 e. The Labute approximate surface area is 247 Å². The number of hydrogen-bond acceptors (Lipinski definition) is 3. The second-order valence-electron chi connectivity index (χ2n) is 9.96. The fraction of sp³-hybridized carbons (Fsp3) is 0.0256.